The van der Waals surface area contributed by atoms with Crippen LogP contribution in [-0.4, -0.2) is 96.7 Å². The van der Waals surface area contributed by atoms with E-state index < -0.39 is 97.5 Å². The maximum Gasteiger partial charge on any atom is 0.472 e. The Morgan fingerprint density at radius 1 is 0.264 bits per heavy atom. The summed E-state index contributed by atoms with van der Waals surface area (Å²) < 4.78 is 69.0. The largest absolute Gasteiger partial charge is 0.472 e. The smallest absolute Gasteiger partial charge is 0.462 e. The third-order valence-corrected chi connectivity index (χ3v) is 23.6. The van der Waals surface area contributed by atoms with Gasteiger partial charge in [0.1, 0.15) is 19.3 Å². The third kappa shape index (κ3) is 82.6. The highest BCUT2D eigenvalue weighted by atomic mass is 31.2. The van der Waals surface area contributed by atoms with Crippen LogP contribution in [0.5, 0.6) is 0 Å². The molecule has 654 valence electrons. The Balaban J connectivity index is 5.23. The van der Waals surface area contributed by atoms with Crippen LogP contribution in [0.2, 0.25) is 0 Å². The van der Waals surface area contributed by atoms with Crippen molar-refractivity contribution >= 4 is 39.5 Å². The topological polar surface area (TPSA) is 237 Å². The fourth-order valence-corrected chi connectivity index (χ4v) is 15.8. The van der Waals surface area contributed by atoms with Gasteiger partial charge >= 0.3 is 39.5 Å². The second-order valence-electron chi connectivity index (χ2n) is 33.9. The molecule has 0 heterocycles. The molecular weight excluding hydrogens is 1430 g/mol. The number of aliphatic hydroxyl groups is 1. The number of carbonyl (C=O) groups is 4. The lowest BCUT2D eigenvalue weighted by Gasteiger charge is -2.21. The van der Waals surface area contributed by atoms with Gasteiger partial charge in [-0.15, -0.1) is 0 Å². The minimum Gasteiger partial charge on any atom is -0.462 e. The van der Waals surface area contributed by atoms with Crippen molar-refractivity contribution in [2.24, 2.45) is 17.8 Å². The molecule has 6 atom stereocenters. The zero-order chi connectivity index (χ0) is 80.8. The number of esters is 4. The molecule has 0 radical (unpaired) electrons. The van der Waals surface area contributed by atoms with Crippen molar-refractivity contribution in [3.63, 3.8) is 0 Å². The molecule has 3 N–H and O–H groups in total. The molecule has 0 spiro atoms. The number of phosphoric acid groups is 2. The highest BCUT2D eigenvalue weighted by Gasteiger charge is 2.31. The Morgan fingerprint density at radius 2 is 0.464 bits per heavy atom. The van der Waals surface area contributed by atoms with E-state index >= 15 is 0 Å². The van der Waals surface area contributed by atoms with Gasteiger partial charge < -0.3 is 33.8 Å². The van der Waals surface area contributed by atoms with Crippen LogP contribution >= 0.6 is 15.6 Å². The number of aliphatic hydroxyl groups excluding tert-OH is 1. The molecule has 0 aromatic rings. The van der Waals surface area contributed by atoms with Crippen LogP contribution in [0.1, 0.15) is 485 Å². The van der Waals surface area contributed by atoms with Crippen LogP contribution in [0.15, 0.2) is 0 Å². The third-order valence-electron chi connectivity index (χ3n) is 21.7. The number of rotatable bonds is 89. The number of phosphoric ester groups is 2. The summed E-state index contributed by atoms with van der Waals surface area (Å²) in [7, 11) is -9.94. The second kappa shape index (κ2) is 80.8. The van der Waals surface area contributed by atoms with E-state index in [1.165, 1.54) is 295 Å². The normalized spacial score (nSPS) is 14.0. The lowest BCUT2D eigenvalue weighted by atomic mass is 9.99. The standard InChI is InChI=1S/C91H178O17P2/c1-8-10-11-12-13-14-15-16-17-18-19-20-21-25-28-33-38-43-51-58-65-72-88(93)101-78-86(107-90(95)74-67-60-53-44-39-34-29-26-23-22-24-27-32-37-42-50-57-64-71-84(7)9-2)80-105-109(97,98)103-76-85(92)77-104-110(99,100)106-81-87(79-102-89(94)73-66-59-52-47-46-49-56-63-70-83(5)6)108-91(96)75-68-61-54-45-40-35-30-31-36-41-48-55-62-69-82(3)4/h82-87,92H,8-81H2,1-7H3,(H,97,98)(H,99,100)/t84?,85-,86-,87-/m1/s1. The molecule has 0 aliphatic carbocycles. The first-order valence-electron chi connectivity index (χ1n) is 46.9. The zero-order valence-corrected chi connectivity index (χ0v) is 74.5. The molecule has 0 fully saturated rings. The first-order valence-corrected chi connectivity index (χ1v) is 49.9. The predicted molar refractivity (Wildman–Crippen MR) is 455 cm³/mol. The maximum absolute atomic E-state index is 13.2. The van der Waals surface area contributed by atoms with Gasteiger partial charge in [-0.05, 0) is 43.4 Å². The number of hydrogen-bond acceptors (Lipinski definition) is 15. The molecule has 0 saturated carbocycles. The van der Waals surface area contributed by atoms with Crippen molar-refractivity contribution in [2.45, 2.75) is 503 Å². The molecule has 3 unspecified atom stereocenters. The summed E-state index contributed by atoms with van der Waals surface area (Å²) in [5.74, 6) is 0.283. The van der Waals surface area contributed by atoms with E-state index in [9.17, 15) is 43.2 Å². The number of unbranched alkanes of at least 4 members (excludes halogenated alkanes) is 56. The molecule has 17 nitrogen and oxygen atoms in total. The monoisotopic (exact) mass is 1610 g/mol. The highest BCUT2D eigenvalue weighted by molar-refractivity contribution is 7.47. The summed E-state index contributed by atoms with van der Waals surface area (Å²) in [6.07, 6.45) is 73.8. The Bertz CT molecular complexity index is 2120. The van der Waals surface area contributed by atoms with Crippen LogP contribution in [0, 0.1) is 17.8 Å². The van der Waals surface area contributed by atoms with Gasteiger partial charge in [0.25, 0.3) is 0 Å². The quantitative estimate of drug-likeness (QED) is 0.0222. The zero-order valence-electron chi connectivity index (χ0n) is 72.7. The Kier molecular flexibility index (Phi) is 79.4. The molecule has 0 aliphatic heterocycles. The molecule has 0 aromatic heterocycles. The van der Waals surface area contributed by atoms with E-state index in [1.807, 2.05) is 0 Å². The average Bonchev–Trinajstić information content (AvgIpc) is 0.899. The summed E-state index contributed by atoms with van der Waals surface area (Å²) in [5, 5.41) is 10.7. The van der Waals surface area contributed by atoms with E-state index in [1.54, 1.807) is 0 Å². The van der Waals surface area contributed by atoms with Crippen molar-refractivity contribution in [2.75, 3.05) is 39.6 Å². The van der Waals surface area contributed by atoms with Gasteiger partial charge in [0.05, 0.1) is 26.4 Å². The van der Waals surface area contributed by atoms with Gasteiger partial charge in [-0.2, -0.15) is 0 Å². The van der Waals surface area contributed by atoms with E-state index in [2.05, 4.69) is 48.5 Å². The predicted octanol–water partition coefficient (Wildman–Crippen LogP) is 28.0. The van der Waals surface area contributed by atoms with E-state index in [0.717, 1.165) is 108 Å². The van der Waals surface area contributed by atoms with E-state index in [4.69, 9.17) is 37.0 Å². The Hall–Kier alpha value is -1.94. The molecular formula is C91H178O17P2. The van der Waals surface area contributed by atoms with Crippen LogP contribution in [0.4, 0.5) is 0 Å². The first-order chi connectivity index (χ1) is 53.3. The van der Waals surface area contributed by atoms with Crippen LogP contribution in [0.3, 0.4) is 0 Å². The van der Waals surface area contributed by atoms with Crippen LogP contribution in [0.25, 0.3) is 0 Å². The molecule has 0 amide bonds. The van der Waals surface area contributed by atoms with Gasteiger partial charge in [0.2, 0.25) is 0 Å². The molecule has 19 heteroatoms. The van der Waals surface area contributed by atoms with Crippen LogP contribution in [-0.2, 0) is 65.4 Å². The van der Waals surface area contributed by atoms with Crippen molar-refractivity contribution in [1.82, 2.24) is 0 Å². The SMILES string of the molecule is CCCCCCCCCCCCCCCCCCCCCCCC(=O)OC[C@H](COP(=O)(O)OC[C@@H](O)COP(=O)(O)OC[C@@H](COC(=O)CCCCCCCCCCC(C)C)OC(=O)CCCCCCCCCCCCCCCC(C)C)OC(=O)CCCCCCCCCCCCCCCCCCCCC(C)CC. The van der Waals surface area contributed by atoms with Crippen molar-refractivity contribution in [3.05, 3.63) is 0 Å². The summed E-state index contributed by atoms with van der Waals surface area (Å²) in [6, 6.07) is 0. The summed E-state index contributed by atoms with van der Waals surface area (Å²) in [4.78, 5) is 73.4. The average molecular weight is 1610 g/mol. The van der Waals surface area contributed by atoms with Crippen LogP contribution < -0.4 is 0 Å². The van der Waals surface area contributed by atoms with Gasteiger partial charge in [-0.25, -0.2) is 9.13 Å². The Labute approximate surface area is 677 Å². The van der Waals surface area contributed by atoms with Gasteiger partial charge in [0.15, 0.2) is 12.2 Å². The van der Waals surface area contributed by atoms with E-state index in [-0.39, 0.29) is 25.7 Å². The molecule has 0 bridgehead atoms. The maximum atomic E-state index is 13.2. The number of hydrogen-bond donors (Lipinski definition) is 3. The second-order valence-corrected chi connectivity index (χ2v) is 36.8. The van der Waals surface area contributed by atoms with E-state index in [0.29, 0.717) is 25.7 Å². The molecule has 0 rings (SSSR count). The Morgan fingerprint density at radius 3 is 0.691 bits per heavy atom. The van der Waals surface area contributed by atoms with Gasteiger partial charge in [-0.1, -0.05) is 434 Å². The van der Waals surface area contributed by atoms with Crippen molar-refractivity contribution in [1.29, 1.82) is 0 Å². The fourth-order valence-electron chi connectivity index (χ4n) is 14.2. The highest BCUT2D eigenvalue weighted by Crippen LogP contribution is 2.45. The van der Waals surface area contributed by atoms with Gasteiger partial charge in [0, 0.05) is 25.7 Å². The molecule has 110 heavy (non-hydrogen) atoms. The molecule has 0 saturated heterocycles. The fraction of sp³-hybridized carbons (Fsp3) is 0.956. The molecule has 0 aromatic carbocycles. The summed E-state index contributed by atoms with van der Waals surface area (Å²) in [5.41, 5.74) is 0. The lowest BCUT2D eigenvalue weighted by molar-refractivity contribution is -0.161. The van der Waals surface area contributed by atoms with Crippen molar-refractivity contribution < 1.29 is 80.2 Å². The van der Waals surface area contributed by atoms with Gasteiger partial charge in [-0.3, -0.25) is 37.3 Å². The minimum atomic E-state index is -4.97. The first kappa shape index (κ1) is 108. The number of ether oxygens (including phenoxy) is 4. The lowest BCUT2D eigenvalue weighted by Crippen LogP contribution is -2.30. The molecule has 0 aliphatic rings. The van der Waals surface area contributed by atoms with Crippen molar-refractivity contribution in [3.8, 4) is 0 Å². The summed E-state index contributed by atoms with van der Waals surface area (Å²) >= 11 is 0. The summed E-state index contributed by atoms with van der Waals surface area (Å²) in [6.45, 7) is 12.1. The minimum absolute atomic E-state index is 0.107. The number of carbonyl (C=O) groups excluding carboxylic acids is 4.